The summed E-state index contributed by atoms with van der Waals surface area (Å²) in [7, 11) is 3.21. The molecule has 188 valence electrons. The monoisotopic (exact) mass is 478 g/mol. The number of nitrogens with zero attached hydrogens (tertiary/aromatic N) is 1. The molecule has 1 unspecified atom stereocenters. The van der Waals surface area contributed by atoms with Crippen LogP contribution in [0.2, 0.25) is 0 Å². The molecule has 6 heteroatoms. The number of nitrogens with one attached hydrogen (secondary N) is 1. The molecule has 1 aliphatic carbocycles. The van der Waals surface area contributed by atoms with Crippen LogP contribution in [0.5, 0.6) is 11.5 Å². The van der Waals surface area contributed by atoms with Crippen molar-refractivity contribution in [2.45, 2.75) is 65.3 Å². The Labute approximate surface area is 209 Å². The standard InChI is InChI=1S/C29H38N2O4/c1-7-12-25(22-13-9-8-10-14-22)31(29(33)23-17-19(2)27(35-6)20(3)18-23)30-28(32)24-15-11-16-26(34-5)21(24)4/h7,11,15-18,22,25H,1,8-10,12-14H2,2-6H3,(H,30,32). The highest BCUT2D eigenvalue weighted by atomic mass is 16.5. The van der Waals surface area contributed by atoms with E-state index in [2.05, 4.69) is 12.0 Å². The third-order valence-electron chi connectivity index (χ3n) is 7.03. The predicted octanol–water partition coefficient (Wildman–Crippen LogP) is 5.94. The van der Waals surface area contributed by atoms with Crippen molar-refractivity contribution in [1.82, 2.24) is 10.4 Å². The van der Waals surface area contributed by atoms with Crippen molar-refractivity contribution in [2.24, 2.45) is 5.92 Å². The third kappa shape index (κ3) is 5.87. The molecule has 0 bridgehead atoms. The second kappa shape index (κ2) is 11.9. The number of amides is 2. The Bertz CT molecular complexity index is 1050. The number of ether oxygens (including phenoxy) is 2. The topological polar surface area (TPSA) is 67.9 Å². The summed E-state index contributed by atoms with van der Waals surface area (Å²) in [6.45, 7) is 9.64. The van der Waals surface area contributed by atoms with Crippen molar-refractivity contribution in [1.29, 1.82) is 0 Å². The van der Waals surface area contributed by atoms with E-state index in [1.807, 2.05) is 45.0 Å². The molecule has 3 rings (SSSR count). The molecule has 0 heterocycles. The van der Waals surface area contributed by atoms with Gasteiger partial charge in [0.1, 0.15) is 11.5 Å². The van der Waals surface area contributed by atoms with Gasteiger partial charge in [0.25, 0.3) is 11.8 Å². The summed E-state index contributed by atoms with van der Waals surface area (Å²) in [4.78, 5) is 27.5. The van der Waals surface area contributed by atoms with Crippen molar-refractivity contribution < 1.29 is 19.1 Å². The third-order valence-corrected chi connectivity index (χ3v) is 7.03. The summed E-state index contributed by atoms with van der Waals surface area (Å²) >= 11 is 0. The molecule has 1 aliphatic rings. The SMILES string of the molecule is C=CCC(C1CCCCC1)N(NC(=O)c1cccc(OC)c1C)C(=O)c1cc(C)c(OC)c(C)c1. The van der Waals surface area contributed by atoms with Crippen LogP contribution in [0.1, 0.15) is 75.9 Å². The lowest BCUT2D eigenvalue weighted by Crippen LogP contribution is -2.54. The zero-order valence-electron chi connectivity index (χ0n) is 21.6. The van der Waals surface area contributed by atoms with E-state index in [1.54, 1.807) is 31.4 Å². The average molecular weight is 479 g/mol. The highest BCUT2D eigenvalue weighted by Crippen LogP contribution is 2.32. The first-order valence-corrected chi connectivity index (χ1v) is 12.4. The zero-order valence-corrected chi connectivity index (χ0v) is 21.6. The van der Waals surface area contributed by atoms with E-state index in [4.69, 9.17) is 9.47 Å². The quantitative estimate of drug-likeness (QED) is 0.377. The van der Waals surface area contributed by atoms with Gasteiger partial charge in [-0.1, -0.05) is 31.4 Å². The van der Waals surface area contributed by atoms with Crippen molar-refractivity contribution >= 4 is 11.8 Å². The fraction of sp³-hybridized carbons (Fsp3) is 0.448. The number of hydrogen-bond donors (Lipinski definition) is 1. The minimum absolute atomic E-state index is 0.183. The Kier molecular flexibility index (Phi) is 8.96. The lowest BCUT2D eigenvalue weighted by molar-refractivity contribution is 0.0357. The Morgan fingerprint density at radius 2 is 1.74 bits per heavy atom. The second-order valence-electron chi connectivity index (χ2n) is 9.38. The Morgan fingerprint density at radius 3 is 2.31 bits per heavy atom. The molecule has 2 amide bonds. The van der Waals surface area contributed by atoms with Crippen LogP contribution in [-0.2, 0) is 0 Å². The van der Waals surface area contributed by atoms with Gasteiger partial charge in [-0.15, -0.1) is 6.58 Å². The summed E-state index contributed by atoms with van der Waals surface area (Å²) < 4.78 is 10.9. The molecule has 35 heavy (non-hydrogen) atoms. The summed E-state index contributed by atoms with van der Waals surface area (Å²) in [6.07, 6.45) is 7.95. The van der Waals surface area contributed by atoms with E-state index in [-0.39, 0.29) is 23.8 Å². The Hall–Kier alpha value is -3.28. The Morgan fingerprint density at radius 1 is 1.09 bits per heavy atom. The van der Waals surface area contributed by atoms with Crippen LogP contribution in [0, 0.1) is 26.7 Å². The van der Waals surface area contributed by atoms with E-state index in [0.717, 1.165) is 48.1 Å². The van der Waals surface area contributed by atoms with Crippen LogP contribution in [-0.4, -0.2) is 37.1 Å². The number of rotatable bonds is 8. The largest absolute Gasteiger partial charge is 0.496 e. The van der Waals surface area contributed by atoms with Gasteiger partial charge in [0, 0.05) is 16.7 Å². The van der Waals surface area contributed by atoms with Gasteiger partial charge in [0.05, 0.1) is 20.3 Å². The molecular weight excluding hydrogens is 440 g/mol. The van der Waals surface area contributed by atoms with Gasteiger partial charge in [-0.3, -0.25) is 15.0 Å². The van der Waals surface area contributed by atoms with Crippen molar-refractivity contribution in [3.8, 4) is 11.5 Å². The van der Waals surface area contributed by atoms with E-state index in [9.17, 15) is 9.59 Å². The van der Waals surface area contributed by atoms with Gasteiger partial charge in [-0.2, -0.15) is 0 Å². The Balaban J connectivity index is 2.03. The van der Waals surface area contributed by atoms with Crippen LogP contribution in [0.3, 0.4) is 0 Å². The summed E-state index contributed by atoms with van der Waals surface area (Å²) in [5, 5.41) is 1.56. The first kappa shape index (κ1) is 26.3. The maximum absolute atomic E-state index is 14.0. The van der Waals surface area contributed by atoms with E-state index >= 15 is 0 Å². The van der Waals surface area contributed by atoms with Crippen LogP contribution in [0.15, 0.2) is 43.0 Å². The van der Waals surface area contributed by atoms with Crippen molar-refractivity contribution in [3.05, 3.63) is 70.8 Å². The van der Waals surface area contributed by atoms with Gasteiger partial charge in [0.2, 0.25) is 0 Å². The molecule has 1 atom stereocenters. The molecule has 0 saturated heterocycles. The normalized spacial score (nSPS) is 14.7. The van der Waals surface area contributed by atoms with Crippen molar-refractivity contribution in [3.63, 3.8) is 0 Å². The fourth-order valence-corrected chi connectivity index (χ4v) is 5.27. The first-order valence-electron chi connectivity index (χ1n) is 12.4. The number of benzene rings is 2. The van der Waals surface area contributed by atoms with Crippen LogP contribution >= 0.6 is 0 Å². The molecule has 0 spiro atoms. The smallest absolute Gasteiger partial charge is 0.272 e. The number of hydrogen-bond acceptors (Lipinski definition) is 4. The molecule has 0 aliphatic heterocycles. The summed E-state index contributed by atoms with van der Waals surface area (Å²) in [6, 6.07) is 8.83. The molecule has 2 aromatic carbocycles. The summed E-state index contributed by atoms with van der Waals surface area (Å²) in [5.41, 5.74) is 6.47. The second-order valence-corrected chi connectivity index (χ2v) is 9.38. The minimum Gasteiger partial charge on any atom is -0.496 e. The van der Waals surface area contributed by atoms with E-state index in [0.29, 0.717) is 23.3 Å². The fourth-order valence-electron chi connectivity index (χ4n) is 5.27. The number of carbonyl (C=O) groups excluding carboxylic acids is 2. The molecule has 1 N–H and O–H groups in total. The molecule has 1 saturated carbocycles. The van der Waals surface area contributed by atoms with Crippen molar-refractivity contribution in [2.75, 3.05) is 14.2 Å². The lowest BCUT2D eigenvalue weighted by atomic mass is 9.82. The van der Waals surface area contributed by atoms with Gasteiger partial charge >= 0.3 is 0 Å². The highest BCUT2D eigenvalue weighted by Gasteiger charge is 2.34. The lowest BCUT2D eigenvalue weighted by Gasteiger charge is -2.38. The first-order chi connectivity index (χ1) is 16.8. The van der Waals surface area contributed by atoms with Gasteiger partial charge in [0.15, 0.2) is 0 Å². The molecule has 0 radical (unpaired) electrons. The molecular formula is C29H38N2O4. The molecule has 0 aromatic heterocycles. The number of aryl methyl sites for hydroxylation is 2. The average Bonchev–Trinajstić information content (AvgIpc) is 2.86. The molecule has 2 aromatic rings. The molecule has 1 fully saturated rings. The van der Waals surface area contributed by atoms with Gasteiger partial charge < -0.3 is 9.47 Å². The minimum atomic E-state index is -0.332. The number of carbonyl (C=O) groups is 2. The van der Waals surface area contributed by atoms with E-state index in [1.165, 1.54) is 6.42 Å². The van der Waals surface area contributed by atoms with Gasteiger partial charge in [-0.25, -0.2) is 5.01 Å². The maximum Gasteiger partial charge on any atom is 0.272 e. The van der Waals surface area contributed by atoms with Crippen LogP contribution in [0.4, 0.5) is 0 Å². The van der Waals surface area contributed by atoms with E-state index < -0.39 is 0 Å². The van der Waals surface area contributed by atoms with Gasteiger partial charge in [-0.05, 0) is 81.3 Å². The number of methoxy groups -OCH3 is 2. The summed E-state index contributed by atoms with van der Waals surface area (Å²) in [5.74, 6) is 1.12. The number of hydrazine groups is 1. The van der Waals surface area contributed by atoms with Crippen LogP contribution in [0.25, 0.3) is 0 Å². The maximum atomic E-state index is 14.0. The van der Waals surface area contributed by atoms with Crippen LogP contribution < -0.4 is 14.9 Å². The predicted molar refractivity (Wildman–Crippen MR) is 139 cm³/mol. The zero-order chi connectivity index (χ0) is 25.5. The highest BCUT2D eigenvalue weighted by molar-refractivity contribution is 6.00. The molecule has 6 nitrogen and oxygen atoms in total.